The highest BCUT2D eigenvalue weighted by Gasteiger charge is 2.20. The fourth-order valence-corrected chi connectivity index (χ4v) is 2.58. The van der Waals surface area contributed by atoms with Crippen molar-refractivity contribution >= 4 is 5.69 Å². The number of aryl methyl sites for hydroxylation is 1. The first-order valence-corrected chi connectivity index (χ1v) is 6.64. The van der Waals surface area contributed by atoms with Crippen LogP contribution in [0.5, 0.6) is 0 Å². The van der Waals surface area contributed by atoms with Gasteiger partial charge in [-0.1, -0.05) is 0 Å². The Morgan fingerprint density at radius 1 is 1.32 bits per heavy atom. The molecule has 0 radical (unpaired) electrons. The predicted molar refractivity (Wildman–Crippen MR) is 75.6 cm³/mol. The maximum atomic E-state index is 4.49. The third-order valence-electron chi connectivity index (χ3n) is 3.59. The Hall–Kier alpha value is -1.88. The van der Waals surface area contributed by atoms with Crippen molar-refractivity contribution < 1.29 is 0 Å². The number of nitrogens with one attached hydrogen (secondary N) is 1. The summed E-state index contributed by atoms with van der Waals surface area (Å²) in [5, 5.41) is 3.60. The molecular weight excluding hydrogens is 238 g/mol. The molecule has 0 saturated carbocycles. The van der Waals surface area contributed by atoms with Gasteiger partial charge in [-0.3, -0.25) is 4.57 Å². The van der Waals surface area contributed by atoms with Gasteiger partial charge in [0.15, 0.2) is 5.82 Å². The molecule has 1 N–H and O–H groups in total. The molecule has 3 rings (SSSR count). The molecule has 0 amide bonds. The molecule has 2 aromatic rings. The van der Waals surface area contributed by atoms with Gasteiger partial charge in [-0.25, -0.2) is 9.97 Å². The standard InChI is InChI=1S/C14H19N5/c1-11-15-7-9-19(11)14-13(4-3-6-16-14)17-12-5-8-18(2)10-12/h3-4,6-7,9,12,17H,5,8,10H2,1-2H3. The summed E-state index contributed by atoms with van der Waals surface area (Å²) in [7, 11) is 2.16. The van der Waals surface area contributed by atoms with E-state index in [0.29, 0.717) is 6.04 Å². The van der Waals surface area contributed by atoms with Crippen molar-refractivity contribution in [1.82, 2.24) is 19.4 Å². The van der Waals surface area contributed by atoms with Crippen LogP contribution in [-0.4, -0.2) is 45.6 Å². The van der Waals surface area contributed by atoms with Gasteiger partial charge in [-0.05, 0) is 39.1 Å². The van der Waals surface area contributed by atoms with Crippen molar-refractivity contribution in [3.63, 3.8) is 0 Å². The maximum Gasteiger partial charge on any atom is 0.161 e. The zero-order valence-electron chi connectivity index (χ0n) is 11.4. The fraction of sp³-hybridized carbons (Fsp3) is 0.429. The van der Waals surface area contributed by atoms with Crippen molar-refractivity contribution in [2.75, 3.05) is 25.5 Å². The van der Waals surface area contributed by atoms with Crippen molar-refractivity contribution in [1.29, 1.82) is 0 Å². The minimum absolute atomic E-state index is 0.497. The van der Waals surface area contributed by atoms with Crippen LogP contribution in [0.25, 0.3) is 5.82 Å². The van der Waals surface area contributed by atoms with E-state index in [9.17, 15) is 0 Å². The first kappa shape index (κ1) is 12.2. The average molecular weight is 257 g/mol. The van der Waals surface area contributed by atoms with Crippen LogP contribution in [0.2, 0.25) is 0 Å². The Bertz CT molecular complexity index is 562. The molecule has 1 atom stereocenters. The zero-order chi connectivity index (χ0) is 13.2. The van der Waals surface area contributed by atoms with E-state index < -0.39 is 0 Å². The quantitative estimate of drug-likeness (QED) is 0.909. The molecule has 1 fully saturated rings. The highest BCUT2D eigenvalue weighted by molar-refractivity contribution is 5.57. The summed E-state index contributed by atoms with van der Waals surface area (Å²) in [6, 6.07) is 4.55. The zero-order valence-corrected chi connectivity index (χ0v) is 11.4. The molecule has 0 aromatic carbocycles. The summed E-state index contributed by atoms with van der Waals surface area (Å²) >= 11 is 0. The number of likely N-dealkylation sites (N-methyl/N-ethyl adjacent to an activating group) is 1. The van der Waals surface area contributed by atoms with Gasteiger partial charge in [0, 0.05) is 31.2 Å². The van der Waals surface area contributed by atoms with Gasteiger partial charge in [0.05, 0.1) is 5.69 Å². The molecule has 1 aliphatic rings. The van der Waals surface area contributed by atoms with Crippen LogP contribution >= 0.6 is 0 Å². The van der Waals surface area contributed by atoms with Crippen LogP contribution in [-0.2, 0) is 0 Å². The maximum absolute atomic E-state index is 4.49. The molecule has 2 aromatic heterocycles. The first-order valence-electron chi connectivity index (χ1n) is 6.64. The normalized spacial score (nSPS) is 19.8. The molecule has 100 valence electrons. The number of likely N-dealkylation sites (tertiary alicyclic amines) is 1. The van der Waals surface area contributed by atoms with E-state index in [1.807, 2.05) is 30.0 Å². The van der Waals surface area contributed by atoms with Crippen LogP contribution in [0.3, 0.4) is 0 Å². The lowest BCUT2D eigenvalue weighted by Gasteiger charge is -2.17. The molecule has 1 aliphatic heterocycles. The summed E-state index contributed by atoms with van der Waals surface area (Å²) in [6.45, 7) is 4.22. The van der Waals surface area contributed by atoms with Crippen LogP contribution in [0, 0.1) is 6.92 Å². The fourth-order valence-electron chi connectivity index (χ4n) is 2.58. The van der Waals surface area contributed by atoms with Gasteiger partial charge in [0.2, 0.25) is 0 Å². The van der Waals surface area contributed by atoms with Gasteiger partial charge in [0.1, 0.15) is 5.82 Å². The van der Waals surface area contributed by atoms with E-state index in [2.05, 4.69) is 33.3 Å². The second-order valence-corrected chi connectivity index (χ2v) is 5.11. The van der Waals surface area contributed by atoms with E-state index in [1.165, 1.54) is 6.42 Å². The molecule has 3 heterocycles. The second kappa shape index (κ2) is 5.01. The van der Waals surface area contributed by atoms with E-state index >= 15 is 0 Å². The van der Waals surface area contributed by atoms with Gasteiger partial charge in [-0.2, -0.15) is 0 Å². The second-order valence-electron chi connectivity index (χ2n) is 5.11. The third-order valence-corrected chi connectivity index (χ3v) is 3.59. The number of aromatic nitrogens is 3. The molecular formula is C14H19N5. The molecule has 5 nitrogen and oxygen atoms in total. The highest BCUT2D eigenvalue weighted by Crippen LogP contribution is 2.21. The van der Waals surface area contributed by atoms with Crippen molar-refractivity contribution in [2.45, 2.75) is 19.4 Å². The van der Waals surface area contributed by atoms with Gasteiger partial charge < -0.3 is 10.2 Å². The lowest BCUT2D eigenvalue weighted by atomic mass is 10.2. The van der Waals surface area contributed by atoms with Crippen molar-refractivity contribution in [3.05, 3.63) is 36.5 Å². The Labute approximate surface area is 113 Å². The largest absolute Gasteiger partial charge is 0.378 e. The smallest absolute Gasteiger partial charge is 0.161 e. The average Bonchev–Trinajstić information content (AvgIpc) is 2.99. The Balaban J connectivity index is 1.88. The van der Waals surface area contributed by atoms with Gasteiger partial charge in [-0.15, -0.1) is 0 Å². The number of imidazole rings is 1. The van der Waals surface area contributed by atoms with Crippen LogP contribution in [0.4, 0.5) is 5.69 Å². The lowest BCUT2D eigenvalue weighted by Crippen LogP contribution is -2.24. The van der Waals surface area contributed by atoms with Crippen molar-refractivity contribution in [3.8, 4) is 5.82 Å². The number of anilines is 1. The van der Waals surface area contributed by atoms with Gasteiger partial charge in [0.25, 0.3) is 0 Å². The van der Waals surface area contributed by atoms with E-state index in [0.717, 1.165) is 30.4 Å². The monoisotopic (exact) mass is 257 g/mol. The first-order chi connectivity index (χ1) is 9.24. The molecule has 19 heavy (non-hydrogen) atoms. The summed E-state index contributed by atoms with van der Waals surface area (Å²) in [5.41, 5.74) is 1.07. The van der Waals surface area contributed by atoms with Crippen LogP contribution in [0.1, 0.15) is 12.2 Å². The Morgan fingerprint density at radius 3 is 2.89 bits per heavy atom. The molecule has 1 unspecified atom stereocenters. The minimum atomic E-state index is 0.497. The number of rotatable bonds is 3. The topological polar surface area (TPSA) is 46.0 Å². The summed E-state index contributed by atoms with van der Waals surface area (Å²) < 4.78 is 2.01. The Morgan fingerprint density at radius 2 is 2.21 bits per heavy atom. The van der Waals surface area contributed by atoms with Crippen LogP contribution < -0.4 is 5.32 Å². The van der Waals surface area contributed by atoms with Gasteiger partial charge >= 0.3 is 0 Å². The SMILES string of the molecule is Cc1nccn1-c1ncccc1NC1CCN(C)C1. The number of pyridine rings is 1. The Kier molecular flexibility index (Phi) is 3.21. The third kappa shape index (κ3) is 2.46. The number of hydrogen-bond acceptors (Lipinski definition) is 4. The molecule has 0 bridgehead atoms. The molecule has 0 aliphatic carbocycles. The summed E-state index contributed by atoms with van der Waals surface area (Å²) in [4.78, 5) is 11.1. The van der Waals surface area contributed by atoms with E-state index in [-0.39, 0.29) is 0 Å². The predicted octanol–water partition coefficient (Wildman–Crippen LogP) is 1.69. The van der Waals surface area contributed by atoms with E-state index in [4.69, 9.17) is 0 Å². The summed E-state index contributed by atoms with van der Waals surface area (Å²) in [5.74, 6) is 1.87. The molecule has 1 saturated heterocycles. The lowest BCUT2D eigenvalue weighted by molar-refractivity contribution is 0.414. The number of hydrogen-bond donors (Lipinski definition) is 1. The molecule has 5 heteroatoms. The number of nitrogens with zero attached hydrogens (tertiary/aromatic N) is 4. The summed E-state index contributed by atoms with van der Waals surface area (Å²) in [6.07, 6.45) is 6.75. The molecule has 0 spiro atoms. The van der Waals surface area contributed by atoms with Crippen molar-refractivity contribution in [2.24, 2.45) is 0 Å². The van der Waals surface area contributed by atoms with Crippen LogP contribution in [0.15, 0.2) is 30.7 Å². The highest BCUT2D eigenvalue weighted by atomic mass is 15.2. The van der Waals surface area contributed by atoms with E-state index in [1.54, 1.807) is 6.20 Å². The minimum Gasteiger partial charge on any atom is -0.378 e.